The summed E-state index contributed by atoms with van der Waals surface area (Å²) in [5.41, 5.74) is 0.661. The number of esters is 1. The van der Waals surface area contributed by atoms with E-state index in [0.29, 0.717) is 12.1 Å². The number of nitroso groups, excluding NO2 is 1. The maximum absolute atomic E-state index is 11.8. The Morgan fingerprint density at radius 3 is 2.68 bits per heavy atom. The van der Waals surface area contributed by atoms with Gasteiger partial charge in [0, 0.05) is 17.1 Å². The first-order valence-corrected chi connectivity index (χ1v) is 5.99. The molecule has 0 aliphatic carbocycles. The molecule has 0 aliphatic heterocycles. The van der Waals surface area contributed by atoms with Gasteiger partial charge in [-0.15, -0.1) is 0 Å². The SMILES string of the molecule is COC(=O)c1cn(CC(C)(C)N=O)c2ccccc12. The normalized spacial score (nSPS) is 11.5. The number of para-hydroxylation sites is 1. The van der Waals surface area contributed by atoms with Crippen molar-refractivity contribution in [3.63, 3.8) is 0 Å². The van der Waals surface area contributed by atoms with Crippen LogP contribution in [0.4, 0.5) is 0 Å². The Morgan fingerprint density at radius 2 is 2.05 bits per heavy atom. The first-order valence-electron chi connectivity index (χ1n) is 5.99. The largest absolute Gasteiger partial charge is 0.465 e. The van der Waals surface area contributed by atoms with Crippen LogP contribution in [0, 0.1) is 4.91 Å². The maximum atomic E-state index is 11.8. The number of hydrogen-bond donors (Lipinski definition) is 0. The zero-order valence-corrected chi connectivity index (χ0v) is 11.2. The van der Waals surface area contributed by atoms with Crippen LogP contribution >= 0.6 is 0 Å². The predicted molar refractivity (Wildman–Crippen MR) is 73.2 cm³/mol. The third-order valence-corrected chi connectivity index (χ3v) is 3.00. The Balaban J connectivity index is 2.56. The fourth-order valence-electron chi connectivity index (χ4n) is 2.10. The second-order valence-electron chi connectivity index (χ2n) is 5.08. The van der Waals surface area contributed by atoms with Crippen molar-refractivity contribution in [2.24, 2.45) is 5.18 Å². The van der Waals surface area contributed by atoms with Crippen molar-refractivity contribution in [1.82, 2.24) is 4.57 Å². The number of nitrogens with zero attached hydrogens (tertiary/aromatic N) is 2. The second kappa shape index (κ2) is 4.84. The number of ether oxygens (including phenoxy) is 1. The third-order valence-electron chi connectivity index (χ3n) is 3.00. The van der Waals surface area contributed by atoms with Crippen LogP contribution in [0.2, 0.25) is 0 Å². The molecule has 1 aromatic heterocycles. The zero-order valence-electron chi connectivity index (χ0n) is 11.2. The van der Waals surface area contributed by atoms with Crippen LogP contribution in [0.1, 0.15) is 24.2 Å². The number of rotatable bonds is 4. The molecule has 0 fully saturated rings. The number of aromatic nitrogens is 1. The van der Waals surface area contributed by atoms with Gasteiger partial charge in [0.05, 0.1) is 19.2 Å². The third kappa shape index (κ3) is 2.50. The minimum absolute atomic E-state index is 0.383. The fourth-order valence-corrected chi connectivity index (χ4v) is 2.10. The molecular formula is C14H16N2O3. The lowest BCUT2D eigenvalue weighted by molar-refractivity contribution is 0.0602. The van der Waals surface area contributed by atoms with Crippen molar-refractivity contribution in [2.45, 2.75) is 25.9 Å². The van der Waals surface area contributed by atoms with E-state index >= 15 is 0 Å². The van der Waals surface area contributed by atoms with Crippen molar-refractivity contribution in [3.05, 3.63) is 40.9 Å². The van der Waals surface area contributed by atoms with Crippen LogP contribution in [-0.2, 0) is 11.3 Å². The summed E-state index contributed by atoms with van der Waals surface area (Å²) in [5.74, 6) is -0.383. The molecule has 0 N–H and O–H groups in total. The maximum Gasteiger partial charge on any atom is 0.340 e. The van der Waals surface area contributed by atoms with Crippen LogP contribution < -0.4 is 0 Å². The van der Waals surface area contributed by atoms with Gasteiger partial charge in [0.15, 0.2) is 0 Å². The van der Waals surface area contributed by atoms with Gasteiger partial charge in [0.25, 0.3) is 0 Å². The lowest BCUT2D eigenvalue weighted by Gasteiger charge is -2.16. The smallest absolute Gasteiger partial charge is 0.340 e. The molecule has 1 aromatic carbocycles. The number of carbonyl (C=O) groups is 1. The van der Waals surface area contributed by atoms with Crippen LogP contribution in [0.3, 0.4) is 0 Å². The number of hydrogen-bond acceptors (Lipinski definition) is 4. The quantitative estimate of drug-likeness (QED) is 0.627. The van der Waals surface area contributed by atoms with Gasteiger partial charge in [-0.1, -0.05) is 23.4 Å². The highest BCUT2D eigenvalue weighted by Crippen LogP contribution is 2.24. The Hall–Kier alpha value is -2.17. The van der Waals surface area contributed by atoms with Gasteiger partial charge < -0.3 is 9.30 Å². The second-order valence-corrected chi connectivity index (χ2v) is 5.08. The summed E-state index contributed by atoms with van der Waals surface area (Å²) in [6.07, 6.45) is 1.71. The van der Waals surface area contributed by atoms with E-state index in [1.165, 1.54) is 7.11 Å². The topological polar surface area (TPSA) is 60.7 Å². The molecule has 100 valence electrons. The molecule has 0 saturated carbocycles. The molecule has 2 rings (SSSR count). The van der Waals surface area contributed by atoms with Gasteiger partial charge in [-0.05, 0) is 19.9 Å². The summed E-state index contributed by atoms with van der Waals surface area (Å²) >= 11 is 0. The van der Waals surface area contributed by atoms with E-state index in [1.807, 2.05) is 28.8 Å². The molecule has 0 aliphatic rings. The monoisotopic (exact) mass is 260 g/mol. The molecule has 0 spiro atoms. The highest BCUT2D eigenvalue weighted by Gasteiger charge is 2.22. The molecule has 0 unspecified atom stereocenters. The van der Waals surface area contributed by atoms with E-state index < -0.39 is 5.54 Å². The first-order chi connectivity index (χ1) is 8.98. The summed E-state index contributed by atoms with van der Waals surface area (Å²) in [6.45, 7) is 3.92. The van der Waals surface area contributed by atoms with Crippen molar-refractivity contribution < 1.29 is 9.53 Å². The first kappa shape index (κ1) is 13.3. The van der Waals surface area contributed by atoms with Gasteiger partial charge in [-0.25, -0.2) is 4.79 Å². The minimum atomic E-state index is -0.727. The summed E-state index contributed by atoms with van der Waals surface area (Å²) in [7, 11) is 1.35. The van der Waals surface area contributed by atoms with E-state index in [0.717, 1.165) is 10.9 Å². The van der Waals surface area contributed by atoms with Crippen molar-refractivity contribution in [3.8, 4) is 0 Å². The van der Waals surface area contributed by atoms with E-state index in [1.54, 1.807) is 20.0 Å². The van der Waals surface area contributed by atoms with E-state index in [9.17, 15) is 9.70 Å². The highest BCUT2D eigenvalue weighted by molar-refractivity contribution is 6.04. The molecule has 0 radical (unpaired) electrons. The molecule has 5 nitrogen and oxygen atoms in total. The molecule has 2 aromatic rings. The van der Waals surface area contributed by atoms with Crippen molar-refractivity contribution in [1.29, 1.82) is 0 Å². The molecule has 0 amide bonds. The van der Waals surface area contributed by atoms with Crippen LogP contribution in [0.25, 0.3) is 10.9 Å². The van der Waals surface area contributed by atoms with Crippen molar-refractivity contribution in [2.75, 3.05) is 7.11 Å². The van der Waals surface area contributed by atoms with Crippen molar-refractivity contribution >= 4 is 16.9 Å². The summed E-state index contributed by atoms with van der Waals surface area (Å²) < 4.78 is 6.64. The van der Waals surface area contributed by atoms with Gasteiger partial charge in [-0.3, -0.25) is 0 Å². The zero-order chi connectivity index (χ0) is 14.0. The fraction of sp³-hybridized carbons (Fsp3) is 0.357. The molecular weight excluding hydrogens is 244 g/mol. The summed E-state index contributed by atoms with van der Waals surface area (Å²) in [6, 6.07) is 7.52. The molecule has 0 atom stereocenters. The van der Waals surface area contributed by atoms with Crippen LogP contribution in [0.5, 0.6) is 0 Å². The molecule has 0 bridgehead atoms. The van der Waals surface area contributed by atoms with E-state index in [4.69, 9.17) is 4.74 Å². The Bertz CT molecular complexity index is 629. The Morgan fingerprint density at radius 1 is 1.37 bits per heavy atom. The van der Waals surface area contributed by atoms with Gasteiger partial charge in [-0.2, -0.15) is 4.91 Å². The number of fused-ring (bicyclic) bond motifs is 1. The van der Waals surface area contributed by atoms with E-state index in [2.05, 4.69) is 5.18 Å². The predicted octanol–water partition coefficient (Wildman–Crippen LogP) is 2.97. The number of benzene rings is 1. The molecule has 1 heterocycles. The number of carbonyl (C=O) groups excluding carboxylic acids is 1. The van der Waals surface area contributed by atoms with E-state index in [-0.39, 0.29) is 5.97 Å². The molecule has 19 heavy (non-hydrogen) atoms. The average Bonchev–Trinajstić information content (AvgIpc) is 2.77. The lowest BCUT2D eigenvalue weighted by Crippen LogP contribution is -2.23. The highest BCUT2D eigenvalue weighted by atomic mass is 16.5. The minimum Gasteiger partial charge on any atom is -0.465 e. The molecule has 0 saturated heterocycles. The summed E-state index contributed by atoms with van der Waals surface area (Å²) in [4.78, 5) is 22.6. The van der Waals surface area contributed by atoms with Crippen LogP contribution in [-0.4, -0.2) is 23.2 Å². The van der Waals surface area contributed by atoms with Gasteiger partial charge in [0.2, 0.25) is 0 Å². The Labute approximate surface area is 111 Å². The van der Waals surface area contributed by atoms with Gasteiger partial charge in [0.1, 0.15) is 5.54 Å². The number of methoxy groups -OCH3 is 1. The Kier molecular flexibility index (Phi) is 3.38. The lowest BCUT2D eigenvalue weighted by atomic mass is 10.1. The van der Waals surface area contributed by atoms with Gasteiger partial charge >= 0.3 is 5.97 Å². The average molecular weight is 260 g/mol. The van der Waals surface area contributed by atoms with Crippen LogP contribution in [0.15, 0.2) is 35.6 Å². The standard InChI is InChI=1S/C14H16N2O3/c1-14(2,15-18)9-16-8-11(13(17)19-3)10-6-4-5-7-12(10)16/h4-8H,9H2,1-3H3. The summed E-state index contributed by atoms with van der Waals surface area (Å²) in [5, 5.41) is 3.93. The molecule has 5 heteroatoms.